The van der Waals surface area contributed by atoms with E-state index >= 15 is 0 Å². The molecule has 0 aliphatic carbocycles. The maximum absolute atomic E-state index is 13.0. The number of esters is 1. The Balaban J connectivity index is 0.00000379. The first-order valence-electron chi connectivity index (χ1n) is 10.2. The Morgan fingerprint density at radius 1 is 1.21 bits per heavy atom. The van der Waals surface area contributed by atoms with E-state index in [9.17, 15) is 18.0 Å². The normalized spacial score (nSPS) is 17.1. The van der Waals surface area contributed by atoms with Gasteiger partial charge < -0.3 is 9.47 Å². The molecule has 0 unspecified atom stereocenters. The van der Waals surface area contributed by atoms with Crippen LogP contribution in [0.4, 0.5) is 4.79 Å². The van der Waals surface area contributed by atoms with Gasteiger partial charge in [-0.25, -0.2) is 18.0 Å². The van der Waals surface area contributed by atoms with Gasteiger partial charge in [0, 0.05) is 6.42 Å². The minimum Gasteiger partial charge on any atom is -0.461 e. The standard InChI is InChI=1S/C17H31N3O6S.C2H6/c1-7-12(8-2)27(23,24)20-14(18-16(22)26-17(4,5)6)11-10-13(19-20)15(21)25-9-3;1-2/h12,14H,7-11H2,1-6H3,(H,18,22);1-2H3/t14-;/m0./s1. The van der Waals surface area contributed by atoms with Gasteiger partial charge in [-0.2, -0.15) is 9.52 Å². The molecule has 9 nitrogen and oxygen atoms in total. The summed E-state index contributed by atoms with van der Waals surface area (Å²) >= 11 is 0. The number of sulfonamides is 1. The lowest BCUT2D eigenvalue weighted by Crippen LogP contribution is -2.54. The number of hydrazone groups is 1. The Hall–Kier alpha value is -1.84. The summed E-state index contributed by atoms with van der Waals surface area (Å²) in [6.45, 7) is 14.5. The molecule has 0 fully saturated rings. The number of carbonyl (C=O) groups is 2. The summed E-state index contributed by atoms with van der Waals surface area (Å²) in [6, 6.07) is 0. The molecule has 1 heterocycles. The number of hydrogen-bond donors (Lipinski definition) is 1. The van der Waals surface area contributed by atoms with Crippen molar-refractivity contribution in [2.45, 2.75) is 98.1 Å². The van der Waals surface area contributed by atoms with Crippen LogP contribution in [0.1, 0.15) is 81.1 Å². The first-order valence-corrected chi connectivity index (χ1v) is 11.7. The topological polar surface area (TPSA) is 114 Å². The van der Waals surface area contributed by atoms with Crippen molar-refractivity contribution in [1.82, 2.24) is 9.73 Å². The van der Waals surface area contributed by atoms with Crippen molar-refractivity contribution in [2.75, 3.05) is 6.61 Å². The largest absolute Gasteiger partial charge is 0.461 e. The molecule has 1 amide bonds. The highest BCUT2D eigenvalue weighted by Crippen LogP contribution is 2.24. The van der Waals surface area contributed by atoms with E-state index < -0.39 is 39.1 Å². The third kappa shape index (κ3) is 8.20. The molecule has 0 aromatic heterocycles. The number of amides is 1. The smallest absolute Gasteiger partial charge is 0.409 e. The van der Waals surface area contributed by atoms with Crippen molar-refractivity contribution in [3.63, 3.8) is 0 Å². The third-order valence-corrected chi connectivity index (χ3v) is 6.29. The van der Waals surface area contributed by atoms with Crippen LogP contribution in [0.25, 0.3) is 0 Å². The van der Waals surface area contributed by atoms with Crippen molar-refractivity contribution < 1.29 is 27.5 Å². The van der Waals surface area contributed by atoms with Crippen molar-refractivity contribution in [3.8, 4) is 0 Å². The molecule has 10 heteroatoms. The Labute approximate surface area is 175 Å². The van der Waals surface area contributed by atoms with Crippen LogP contribution in [0, 0.1) is 0 Å². The second-order valence-electron chi connectivity index (χ2n) is 7.22. The minimum absolute atomic E-state index is 0.0219. The molecular weight excluding hydrogens is 398 g/mol. The first kappa shape index (κ1) is 27.2. The summed E-state index contributed by atoms with van der Waals surface area (Å²) in [5.41, 5.74) is -0.703. The predicted molar refractivity (Wildman–Crippen MR) is 113 cm³/mol. The van der Waals surface area contributed by atoms with Crippen molar-refractivity contribution in [2.24, 2.45) is 5.10 Å². The third-order valence-electron chi connectivity index (χ3n) is 3.93. The van der Waals surface area contributed by atoms with Gasteiger partial charge in [-0.05, 0) is 47.0 Å². The van der Waals surface area contributed by atoms with Crippen LogP contribution in [-0.2, 0) is 24.3 Å². The molecule has 0 saturated carbocycles. The van der Waals surface area contributed by atoms with E-state index in [-0.39, 0.29) is 25.2 Å². The Morgan fingerprint density at radius 3 is 2.21 bits per heavy atom. The van der Waals surface area contributed by atoms with Crippen molar-refractivity contribution in [3.05, 3.63) is 0 Å². The highest BCUT2D eigenvalue weighted by Gasteiger charge is 2.39. The average molecular weight is 436 g/mol. The van der Waals surface area contributed by atoms with Crippen LogP contribution in [0.5, 0.6) is 0 Å². The number of hydrogen-bond acceptors (Lipinski definition) is 7. The summed E-state index contributed by atoms with van der Waals surface area (Å²) in [4.78, 5) is 24.1. The summed E-state index contributed by atoms with van der Waals surface area (Å²) in [5.74, 6) is -0.655. The molecule has 0 saturated heterocycles. The van der Waals surface area contributed by atoms with Gasteiger partial charge in [0.15, 0.2) is 0 Å². The number of nitrogens with one attached hydrogen (secondary N) is 1. The molecule has 0 aromatic rings. The zero-order chi connectivity index (χ0) is 22.8. The molecule has 0 aromatic carbocycles. The molecule has 1 N–H and O–H groups in total. The van der Waals surface area contributed by atoms with Gasteiger partial charge in [0.2, 0.25) is 0 Å². The second-order valence-corrected chi connectivity index (χ2v) is 9.29. The Morgan fingerprint density at radius 2 is 1.76 bits per heavy atom. The lowest BCUT2D eigenvalue weighted by Gasteiger charge is -2.35. The second kappa shape index (κ2) is 12.0. The summed E-state index contributed by atoms with van der Waals surface area (Å²) in [5, 5.41) is 5.91. The minimum atomic E-state index is -3.88. The van der Waals surface area contributed by atoms with Crippen LogP contribution in [0.15, 0.2) is 5.10 Å². The quantitative estimate of drug-likeness (QED) is 0.613. The van der Waals surface area contributed by atoms with Crippen molar-refractivity contribution in [1.29, 1.82) is 0 Å². The molecule has 0 spiro atoms. The van der Waals surface area contributed by atoms with E-state index in [1.54, 1.807) is 41.5 Å². The molecule has 1 rings (SSSR count). The fraction of sp³-hybridized carbons (Fsp3) is 0.842. The number of rotatable bonds is 7. The highest BCUT2D eigenvalue weighted by molar-refractivity contribution is 7.89. The fourth-order valence-corrected chi connectivity index (χ4v) is 4.52. The van der Waals surface area contributed by atoms with E-state index in [2.05, 4.69) is 10.4 Å². The Kier molecular flexibility index (Phi) is 11.2. The number of nitrogens with zero attached hydrogens (tertiary/aromatic N) is 2. The number of ether oxygens (including phenoxy) is 2. The van der Waals surface area contributed by atoms with Crippen LogP contribution < -0.4 is 5.32 Å². The lowest BCUT2D eigenvalue weighted by molar-refractivity contribution is -0.135. The van der Waals surface area contributed by atoms with Crippen LogP contribution in [0.2, 0.25) is 0 Å². The van der Waals surface area contributed by atoms with E-state index in [0.29, 0.717) is 12.8 Å². The summed E-state index contributed by atoms with van der Waals surface area (Å²) < 4.78 is 37.0. The average Bonchev–Trinajstić information content (AvgIpc) is 2.63. The number of alkyl carbamates (subject to hydrolysis) is 1. The molecule has 0 radical (unpaired) electrons. The van der Waals surface area contributed by atoms with Crippen molar-refractivity contribution >= 4 is 27.8 Å². The van der Waals surface area contributed by atoms with Crippen LogP contribution in [0.3, 0.4) is 0 Å². The molecule has 1 aliphatic heterocycles. The first-order chi connectivity index (χ1) is 13.5. The molecule has 0 bridgehead atoms. The van der Waals surface area contributed by atoms with Gasteiger partial charge in [0.25, 0.3) is 10.0 Å². The maximum Gasteiger partial charge on any atom is 0.409 e. The lowest BCUT2D eigenvalue weighted by atomic mass is 10.1. The van der Waals surface area contributed by atoms with Gasteiger partial charge in [-0.3, -0.25) is 5.32 Å². The van der Waals surface area contributed by atoms with Crippen LogP contribution >= 0.6 is 0 Å². The van der Waals surface area contributed by atoms with E-state index in [4.69, 9.17) is 9.47 Å². The zero-order valence-electron chi connectivity index (χ0n) is 18.9. The summed E-state index contributed by atoms with van der Waals surface area (Å²) in [7, 11) is -3.88. The Bertz CT molecular complexity index is 666. The van der Waals surface area contributed by atoms with E-state index in [0.717, 1.165) is 4.41 Å². The molecule has 170 valence electrons. The zero-order valence-corrected chi connectivity index (χ0v) is 19.8. The molecule has 1 atom stereocenters. The maximum atomic E-state index is 13.0. The molecule has 1 aliphatic rings. The van der Waals surface area contributed by atoms with E-state index in [1.165, 1.54) is 0 Å². The van der Waals surface area contributed by atoms with Gasteiger partial charge in [-0.15, -0.1) is 0 Å². The van der Waals surface area contributed by atoms with Gasteiger partial charge in [0.1, 0.15) is 17.5 Å². The van der Waals surface area contributed by atoms with Gasteiger partial charge in [0.05, 0.1) is 11.9 Å². The van der Waals surface area contributed by atoms with Gasteiger partial charge >= 0.3 is 12.1 Å². The molecule has 29 heavy (non-hydrogen) atoms. The highest BCUT2D eigenvalue weighted by atomic mass is 32.2. The van der Waals surface area contributed by atoms with E-state index in [1.807, 2.05) is 13.8 Å². The van der Waals surface area contributed by atoms with Crippen LogP contribution in [-0.4, -0.2) is 54.2 Å². The predicted octanol–water partition coefficient (Wildman–Crippen LogP) is 3.40. The SMILES string of the molecule is CC.CCOC(=O)C1=NN(S(=O)(=O)C(CC)CC)[C@H](NC(=O)OC(C)(C)C)CC1. The number of carbonyl (C=O) groups excluding carboxylic acids is 2. The van der Waals surface area contributed by atoms with Gasteiger partial charge in [-0.1, -0.05) is 27.7 Å². The summed E-state index contributed by atoms with van der Waals surface area (Å²) in [6.07, 6.45) is -0.516. The monoisotopic (exact) mass is 435 g/mol. The molecular formula is C19H37N3O6S. The fourth-order valence-electron chi connectivity index (χ4n) is 2.65.